The van der Waals surface area contributed by atoms with E-state index in [4.69, 9.17) is 23.2 Å². The number of hydrogen-bond acceptors (Lipinski definition) is 3. The second-order valence-electron chi connectivity index (χ2n) is 6.63. The van der Waals surface area contributed by atoms with E-state index in [9.17, 15) is 9.59 Å². The van der Waals surface area contributed by atoms with Gasteiger partial charge in [-0.2, -0.15) is 0 Å². The molecular formula is C24H20Cl2N2O2S. The number of hydrogen-bond donors (Lipinski definition) is 2. The molecule has 0 saturated carbocycles. The third-order valence-electron chi connectivity index (χ3n) is 4.20. The van der Waals surface area contributed by atoms with Crippen LogP contribution in [0.3, 0.4) is 0 Å². The molecule has 3 aromatic carbocycles. The van der Waals surface area contributed by atoms with Gasteiger partial charge in [-0.15, -0.1) is 11.8 Å². The first-order chi connectivity index (χ1) is 14.9. The maximum absolute atomic E-state index is 12.5. The molecule has 0 aliphatic heterocycles. The Bertz CT molecular complexity index is 1100. The van der Waals surface area contributed by atoms with Crippen LogP contribution in [0.4, 0.5) is 11.4 Å². The zero-order chi connectivity index (χ0) is 22.2. The number of thioether (sulfide) groups is 1. The van der Waals surface area contributed by atoms with Crippen LogP contribution in [-0.2, 0) is 9.59 Å². The Labute approximate surface area is 195 Å². The highest BCUT2D eigenvalue weighted by molar-refractivity contribution is 8.00. The van der Waals surface area contributed by atoms with Gasteiger partial charge in [-0.3, -0.25) is 9.59 Å². The van der Waals surface area contributed by atoms with Crippen LogP contribution >= 0.6 is 35.0 Å². The largest absolute Gasteiger partial charge is 0.324 e. The van der Waals surface area contributed by atoms with Crippen molar-refractivity contribution >= 4 is 64.2 Å². The highest BCUT2D eigenvalue weighted by atomic mass is 35.5. The van der Waals surface area contributed by atoms with Gasteiger partial charge < -0.3 is 10.6 Å². The summed E-state index contributed by atoms with van der Waals surface area (Å²) < 4.78 is 0. The van der Waals surface area contributed by atoms with Crippen molar-refractivity contribution in [3.63, 3.8) is 0 Å². The fourth-order valence-electron chi connectivity index (χ4n) is 2.65. The molecule has 2 N–H and O–H groups in total. The van der Waals surface area contributed by atoms with Crippen molar-refractivity contribution in [3.8, 4) is 0 Å². The first-order valence-electron chi connectivity index (χ1n) is 9.47. The number of anilines is 2. The van der Waals surface area contributed by atoms with Crippen molar-refractivity contribution in [1.29, 1.82) is 0 Å². The Morgan fingerprint density at radius 2 is 1.71 bits per heavy atom. The monoisotopic (exact) mass is 470 g/mol. The molecule has 0 saturated heterocycles. The predicted molar refractivity (Wildman–Crippen MR) is 131 cm³/mol. The number of carbonyl (C=O) groups is 2. The Kier molecular flexibility index (Phi) is 8.18. The number of nitrogens with one attached hydrogen (secondary N) is 2. The van der Waals surface area contributed by atoms with Gasteiger partial charge in [-0.05, 0) is 55.0 Å². The summed E-state index contributed by atoms with van der Waals surface area (Å²) in [6.07, 6.45) is 3.24. The normalized spacial score (nSPS) is 11.8. The molecule has 4 nitrogen and oxygen atoms in total. The van der Waals surface area contributed by atoms with Crippen molar-refractivity contribution in [1.82, 2.24) is 0 Å². The molecule has 1 atom stereocenters. The Balaban J connectivity index is 1.58. The van der Waals surface area contributed by atoms with Gasteiger partial charge in [0.25, 0.3) is 0 Å². The van der Waals surface area contributed by atoms with Gasteiger partial charge in [0, 0.05) is 21.7 Å². The first-order valence-corrected chi connectivity index (χ1v) is 11.1. The van der Waals surface area contributed by atoms with Gasteiger partial charge >= 0.3 is 0 Å². The molecule has 0 aliphatic carbocycles. The van der Waals surface area contributed by atoms with Crippen molar-refractivity contribution in [3.05, 3.63) is 94.5 Å². The molecule has 2 amide bonds. The maximum Gasteiger partial charge on any atom is 0.248 e. The lowest BCUT2D eigenvalue weighted by molar-refractivity contribution is -0.115. The third kappa shape index (κ3) is 7.17. The number of rotatable bonds is 7. The predicted octanol–water partition coefficient (Wildman–Crippen LogP) is 6.76. The summed E-state index contributed by atoms with van der Waals surface area (Å²) >= 11 is 13.4. The average Bonchev–Trinajstić information content (AvgIpc) is 2.75. The van der Waals surface area contributed by atoms with Crippen LogP contribution in [0.5, 0.6) is 0 Å². The van der Waals surface area contributed by atoms with Gasteiger partial charge in [0.1, 0.15) is 0 Å². The van der Waals surface area contributed by atoms with E-state index in [1.165, 1.54) is 17.8 Å². The molecule has 3 rings (SSSR count). The van der Waals surface area contributed by atoms with Crippen LogP contribution in [0.25, 0.3) is 6.08 Å². The van der Waals surface area contributed by atoms with Gasteiger partial charge in [0.15, 0.2) is 0 Å². The second-order valence-corrected chi connectivity index (χ2v) is 8.89. The van der Waals surface area contributed by atoms with Crippen molar-refractivity contribution in [2.75, 3.05) is 10.6 Å². The molecule has 0 bridgehead atoms. The molecule has 158 valence electrons. The zero-order valence-corrected chi connectivity index (χ0v) is 19.0. The zero-order valence-electron chi connectivity index (χ0n) is 16.6. The van der Waals surface area contributed by atoms with Gasteiger partial charge in [0.2, 0.25) is 11.8 Å². The summed E-state index contributed by atoms with van der Waals surface area (Å²) in [5, 5.41) is 6.15. The summed E-state index contributed by atoms with van der Waals surface area (Å²) in [6.45, 7) is 1.80. The number of benzene rings is 3. The minimum atomic E-state index is -0.379. The average molecular weight is 471 g/mol. The van der Waals surface area contributed by atoms with Crippen LogP contribution < -0.4 is 10.6 Å². The van der Waals surface area contributed by atoms with Gasteiger partial charge in [-0.1, -0.05) is 59.6 Å². The third-order valence-corrected chi connectivity index (χ3v) is 5.84. The Morgan fingerprint density at radius 3 is 2.45 bits per heavy atom. The topological polar surface area (TPSA) is 58.2 Å². The van der Waals surface area contributed by atoms with E-state index in [0.717, 1.165) is 10.5 Å². The van der Waals surface area contributed by atoms with E-state index in [-0.39, 0.29) is 17.1 Å². The van der Waals surface area contributed by atoms with Crippen LogP contribution in [0, 0.1) is 0 Å². The van der Waals surface area contributed by atoms with Gasteiger partial charge in [-0.25, -0.2) is 0 Å². The summed E-state index contributed by atoms with van der Waals surface area (Å²) in [7, 11) is 0. The lowest BCUT2D eigenvalue weighted by Gasteiger charge is -2.14. The van der Waals surface area contributed by atoms with Crippen LogP contribution in [0.1, 0.15) is 12.5 Å². The molecular weight excluding hydrogens is 451 g/mol. The number of carbonyl (C=O) groups excluding carboxylic acids is 2. The highest BCUT2D eigenvalue weighted by Gasteiger charge is 2.16. The SMILES string of the molecule is CC(Sc1cccc(NC(=O)/C=C/c2ccccc2)c1)C(=O)Nc1ccc(Cl)cc1Cl. The quantitative estimate of drug-likeness (QED) is 0.296. The van der Waals surface area contributed by atoms with Crippen LogP contribution in [0.2, 0.25) is 10.0 Å². The number of halogens is 2. The van der Waals surface area contributed by atoms with Crippen LogP contribution in [-0.4, -0.2) is 17.1 Å². The van der Waals surface area contributed by atoms with Crippen LogP contribution in [0.15, 0.2) is 83.8 Å². The fraction of sp³-hybridized carbons (Fsp3) is 0.0833. The molecule has 3 aromatic rings. The van der Waals surface area contributed by atoms with Crippen molar-refractivity contribution in [2.45, 2.75) is 17.1 Å². The maximum atomic E-state index is 12.5. The number of amides is 2. The van der Waals surface area contributed by atoms with Gasteiger partial charge in [0.05, 0.1) is 16.0 Å². The van der Waals surface area contributed by atoms with E-state index < -0.39 is 0 Å². The summed E-state index contributed by atoms with van der Waals surface area (Å²) in [5.41, 5.74) is 2.11. The minimum absolute atomic E-state index is 0.186. The minimum Gasteiger partial charge on any atom is -0.324 e. The Morgan fingerprint density at radius 1 is 0.935 bits per heavy atom. The standard InChI is InChI=1S/C24H20Cl2N2O2S/c1-16(24(30)28-22-12-11-18(25)14-21(22)26)31-20-9-5-8-19(15-20)27-23(29)13-10-17-6-3-2-4-7-17/h2-16H,1H3,(H,27,29)(H,28,30)/b13-10+. The molecule has 0 heterocycles. The van der Waals surface area contributed by atoms with Crippen molar-refractivity contribution < 1.29 is 9.59 Å². The molecule has 0 spiro atoms. The summed E-state index contributed by atoms with van der Waals surface area (Å²) in [5.74, 6) is -0.413. The smallest absolute Gasteiger partial charge is 0.248 e. The summed E-state index contributed by atoms with van der Waals surface area (Å²) in [4.78, 5) is 25.6. The summed E-state index contributed by atoms with van der Waals surface area (Å²) in [6, 6.07) is 21.9. The molecule has 31 heavy (non-hydrogen) atoms. The van der Waals surface area contributed by atoms with E-state index in [1.807, 2.05) is 48.5 Å². The van der Waals surface area contributed by atoms with E-state index >= 15 is 0 Å². The molecule has 0 radical (unpaired) electrons. The Hall–Kier alpha value is -2.73. The van der Waals surface area contributed by atoms with E-state index in [1.54, 1.807) is 37.3 Å². The highest BCUT2D eigenvalue weighted by Crippen LogP contribution is 2.29. The molecule has 7 heteroatoms. The molecule has 0 aliphatic rings. The second kappa shape index (κ2) is 11.0. The molecule has 1 unspecified atom stereocenters. The molecule has 0 aromatic heterocycles. The van der Waals surface area contributed by atoms with Crippen molar-refractivity contribution in [2.24, 2.45) is 0 Å². The fourth-order valence-corrected chi connectivity index (χ4v) is 4.03. The van der Waals surface area contributed by atoms with E-state index in [2.05, 4.69) is 10.6 Å². The molecule has 0 fully saturated rings. The van der Waals surface area contributed by atoms with E-state index in [0.29, 0.717) is 21.4 Å². The first kappa shape index (κ1) is 22.9. The lowest BCUT2D eigenvalue weighted by Crippen LogP contribution is -2.22. The lowest BCUT2D eigenvalue weighted by atomic mass is 10.2.